The summed E-state index contributed by atoms with van der Waals surface area (Å²) in [5.41, 5.74) is 1.58. The Hall–Kier alpha value is 0.200. The van der Waals surface area contributed by atoms with Gasteiger partial charge in [-0.2, -0.15) is 0 Å². The Labute approximate surface area is 107 Å². The Balaban J connectivity index is 3.09. The van der Waals surface area contributed by atoms with Crippen molar-refractivity contribution in [2.45, 2.75) is 18.2 Å². The Morgan fingerprint density at radius 3 is 2.64 bits per heavy atom. The highest BCUT2D eigenvalue weighted by Gasteiger charge is 2.13. The van der Waals surface area contributed by atoms with Crippen molar-refractivity contribution < 1.29 is 4.79 Å². The van der Waals surface area contributed by atoms with Gasteiger partial charge in [0.1, 0.15) is 0 Å². The SMILES string of the molecule is CC(Cl)C(=O)c1cc(I)cc(CCl)c1. The molecule has 0 fully saturated rings. The average Bonchev–Trinajstić information content (AvgIpc) is 2.15. The third-order valence-electron chi connectivity index (χ3n) is 1.76. The summed E-state index contributed by atoms with van der Waals surface area (Å²) in [7, 11) is 0. The second-order valence-corrected chi connectivity index (χ2v) is 5.13. The van der Waals surface area contributed by atoms with Crippen molar-refractivity contribution >= 4 is 51.6 Å². The zero-order valence-corrected chi connectivity index (χ0v) is 11.2. The maximum Gasteiger partial charge on any atom is 0.180 e. The van der Waals surface area contributed by atoms with Crippen molar-refractivity contribution in [1.29, 1.82) is 0 Å². The first-order chi connectivity index (χ1) is 6.54. The summed E-state index contributed by atoms with van der Waals surface area (Å²) < 4.78 is 1.00. The summed E-state index contributed by atoms with van der Waals surface area (Å²) in [6.07, 6.45) is 0. The first kappa shape index (κ1) is 12.3. The second kappa shape index (κ2) is 5.33. The number of carbonyl (C=O) groups excluding carboxylic acids is 1. The molecule has 0 radical (unpaired) electrons. The molecule has 0 heterocycles. The molecule has 1 unspecified atom stereocenters. The number of ketones is 1. The Morgan fingerprint density at radius 1 is 1.50 bits per heavy atom. The Kier molecular flexibility index (Phi) is 4.67. The van der Waals surface area contributed by atoms with Gasteiger partial charge in [-0.05, 0) is 53.3 Å². The van der Waals surface area contributed by atoms with Crippen LogP contribution in [0.3, 0.4) is 0 Å². The number of rotatable bonds is 3. The van der Waals surface area contributed by atoms with Gasteiger partial charge in [0, 0.05) is 15.0 Å². The molecule has 0 aliphatic carbocycles. The van der Waals surface area contributed by atoms with Crippen LogP contribution in [0.5, 0.6) is 0 Å². The molecule has 4 heteroatoms. The molecule has 1 nitrogen and oxygen atoms in total. The third kappa shape index (κ3) is 3.11. The van der Waals surface area contributed by atoms with Gasteiger partial charge in [-0.1, -0.05) is 0 Å². The van der Waals surface area contributed by atoms with E-state index in [4.69, 9.17) is 23.2 Å². The molecule has 0 aromatic heterocycles. The van der Waals surface area contributed by atoms with Crippen LogP contribution < -0.4 is 0 Å². The summed E-state index contributed by atoms with van der Waals surface area (Å²) in [4.78, 5) is 11.6. The molecule has 0 bridgehead atoms. The van der Waals surface area contributed by atoms with Crippen LogP contribution in [0.1, 0.15) is 22.8 Å². The van der Waals surface area contributed by atoms with Gasteiger partial charge in [-0.15, -0.1) is 23.2 Å². The molecule has 1 aromatic rings. The van der Waals surface area contributed by atoms with E-state index < -0.39 is 5.38 Å². The molecule has 76 valence electrons. The summed E-state index contributed by atoms with van der Waals surface area (Å²) in [6, 6.07) is 5.55. The van der Waals surface area contributed by atoms with E-state index in [1.807, 2.05) is 12.1 Å². The van der Waals surface area contributed by atoms with Gasteiger partial charge in [0.15, 0.2) is 5.78 Å². The minimum atomic E-state index is -0.489. The number of alkyl halides is 2. The normalized spacial score (nSPS) is 12.6. The van der Waals surface area contributed by atoms with Gasteiger partial charge in [-0.3, -0.25) is 4.79 Å². The van der Waals surface area contributed by atoms with Crippen molar-refractivity contribution in [3.05, 3.63) is 32.9 Å². The number of Topliss-reactive ketones (excluding diaryl/α,β-unsaturated/α-hetero) is 1. The molecule has 0 saturated carbocycles. The van der Waals surface area contributed by atoms with Gasteiger partial charge < -0.3 is 0 Å². The average molecular weight is 343 g/mol. The van der Waals surface area contributed by atoms with E-state index >= 15 is 0 Å². The molecular weight excluding hydrogens is 334 g/mol. The van der Waals surface area contributed by atoms with E-state index in [0.29, 0.717) is 11.4 Å². The zero-order valence-electron chi connectivity index (χ0n) is 7.56. The topological polar surface area (TPSA) is 17.1 Å². The molecule has 0 saturated heterocycles. The molecule has 0 aliphatic heterocycles. The highest BCUT2D eigenvalue weighted by Crippen LogP contribution is 2.17. The van der Waals surface area contributed by atoms with Gasteiger partial charge in [0.25, 0.3) is 0 Å². The summed E-state index contributed by atoms with van der Waals surface area (Å²) in [5.74, 6) is 0.352. The standard InChI is InChI=1S/C10H9Cl2IO/c1-6(12)10(14)8-2-7(5-11)3-9(13)4-8/h2-4,6H,5H2,1H3. The maximum atomic E-state index is 11.6. The first-order valence-corrected chi connectivity index (χ1v) is 6.13. The van der Waals surface area contributed by atoms with Gasteiger partial charge in [-0.25, -0.2) is 0 Å². The van der Waals surface area contributed by atoms with Crippen molar-refractivity contribution in [3.8, 4) is 0 Å². The highest BCUT2D eigenvalue weighted by molar-refractivity contribution is 14.1. The van der Waals surface area contributed by atoms with Gasteiger partial charge in [0.05, 0.1) is 5.38 Å². The predicted molar refractivity (Wildman–Crippen MR) is 68.4 cm³/mol. The number of hydrogen-bond donors (Lipinski definition) is 0. The minimum Gasteiger partial charge on any atom is -0.293 e. The third-order valence-corrected chi connectivity index (χ3v) is 2.89. The maximum absolute atomic E-state index is 11.6. The lowest BCUT2D eigenvalue weighted by Crippen LogP contribution is -2.10. The van der Waals surface area contributed by atoms with Crippen LogP contribution in [0.25, 0.3) is 0 Å². The molecule has 0 spiro atoms. The van der Waals surface area contributed by atoms with Gasteiger partial charge >= 0.3 is 0 Å². The molecule has 1 rings (SSSR count). The molecule has 1 atom stereocenters. The van der Waals surface area contributed by atoms with Crippen molar-refractivity contribution in [3.63, 3.8) is 0 Å². The zero-order chi connectivity index (χ0) is 10.7. The summed E-state index contributed by atoms with van der Waals surface area (Å²) in [6.45, 7) is 1.67. The lowest BCUT2D eigenvalue weighted by Gasteiger charge is -2.05. The number of halogens is 3. The van der Waals surface area contributed by atoms with E-state index in [1.54, 1.807) is 13.0 Å². The molecule has 0 amide bonds. The van der Waals surface area contributed by atoms with Crippen molar-refractivity contribution in [2.75, 3.05) is 0 Å². The van der Waals surface area contributed by atoms with Crippen LogP contribution in [0, 0.1) is 3.57 Å². The van der Waals surface area contributed by atoms with Crippen LogP contribution in [0.2, 0.25) is 0 Å². The fraction of sp³-hybridized carbons (Fsp3) is 0.300. The molecule has 0 aliphatic rings. The second-order valence-electron chi connectivity index (χ2n) is 2.96. The van der Waals surface area contributed by atoms with Crippen molar-refractivity contribution in [2.24, 2.45) is 0 Å². The summed E-state index contributed by atoms with van der Waals surface area (Å²) >= 11 is 13.6. The van der Waals surface area contributed by atoms with Gasteiger partial charge in [0.2, 0.25) is 0 Å². The fourth-order valence-corrected chi connectivity index (χ4v) is 2.12. The number of carbonyl (C=O) groups is 1. The lowest BCUT2D eigenvalue weighted by molar-refractivity contribution is 0.0991. The molecule has 14 heavy (non-hydrogen) atoms. The molecule has 1 aromatic carbocycles. The van der Waals surface area contributed by atoms with E-state index in [1.165, 1.54) is 0 Å². The van der Waals surface area contributed by atoms with E-state index in [2.05, 4.69) is 22.6 Å². The minimum absolute atomic E-state index is 0.0588. The van der Waals surface area contributed by atoms with E-state index in [9.17, 15) is 4.79 Å². The van der Waals surface area contributed by atoms with Crippen LogP contribution in [-0.4, -0.2) is 11.2 Å². The largest absolute Gasteiger partial charge is 0.293 e. The fourth-order valence-electron chi connectivity index (χ4n) is 1.10. The monoisotopic (exact) mass is 342 g/mol. The molecular formula is C10H9Cl2IO. The first-order valence-electron chi connectivity index (χ1n) is 4.08. The van der Waals surface area contributed by atoms with Crippen LogP contribution in [0.15, 0.2) is 18.2 Å². The number of hydrogen-bond acceptors (Lipinski definition) is 1. The van der Waals surface area contributed by atoms with Crippen LogP contribution in [-0.2, 0) is 5.88 Å². The predicted octanol–water partition coefficient (Wildman–Crippen LogP) is 3.84. The van der Waals surface area contributed by atoms with Crippen LogP contribution >= 0.6 is 45.8 Å². The van der Waals surface area contributed by atoms with E-state index in [0.717, 1.165) is 9.13 Å². The Bertz CT molecular complexity index is 350. The molecule has 0 N–H and O–H groups in total. The van der Waals surface area contributed by atoms with Crippen LogP contribution in [0.4, 0.5) is 0 Å². The highest BCUT2D eigenvalue weighted by atomic mass is 127. The Morgan fingerprint density at radius 2 is 2.14 bits per heavy atom. The van der Waals surface area contributed by atoms with E-state index in [-0.39, 0.29) is 5.78 Å². The quantitative estimate of drug-likeness (QED) is 0.463. The number of benzene rings is 1. The lowest BCUT2D eigenvalue weighted by atomic mass is 10.1. The summed E-state index contributed by atoms with van der Waals surface area (Å²) in [5, 5.41) is -0.489. The van der Waals surface area contributed by atoms with Crippen molar-refractivity contribution in [1.82, 2.24) is 0 Å². The smallest absolute Gasteiger partial charge is 0.180 e.